The lowest BCUT2D eigenvalue weighted by molar-refractivity contribution is 0.475. The van der Waals surface area contributed by atoms with Crippen molar-refractivity contribution < 1.29 is 5.11 Å². The van der Waals surface area contributed by atoms with Crippen LogP contribution in [0.25, 0.3) is 22.2 Å². The zero-order valence-corrected chi connectivity index (χ0v) is 9.04. The Morgan fingerprint density at radius 3 is 2.47 bits per heavy atom. The molecule has 0 saturated heterocycles. The minimum absolute atomic E-state index is 0.149. The van der Waals surface area contributed by atoms with Crippen LogP contribution < -0.4 is 0 Å². The molecule has 0 amide bonds. The summed E-state index contributed by atoms with van der Waals surface area (Å²) < 4.78 is 0. The van der Waals surface area contributed by atoms with E-state index in [1.807, 2.05) is 30.3 Å². The molecule has 1 aromatic carbocycles. The number of pyridine rings is 2. The van der Waals surface area contributed by atoms with Gasteiger partial charge in [0.2, 0.25) is 0 Å². The predicted molar refractivity (Wildman–Crippen MR) is 66.6 cm³/mol. The molecule has 17 heavy (non-hydrogen) atoms. The van der Waals surface area contributed by atoms with E-state index in [1.54, 1.807) is 24.5 Å². The number of rotatable bonds is 1. The predicted octanol–water partition coefficient (Wildman–Crippen LogP) is 3.00. The third kappa shape index (κ3) is 1.61. The normalized spacial score (nSPS) is 10.6. The molecular weight excluding hydrogens is 212 g/mol. The first-order valence-electron chi connectivity index (χ1n) is 5.34. The SMILES string of the molecule is Oc1cccnc1-c1nccc2ccccc12. The summed E-state index contributed by atoms with van der Waals surface area (Å²) in [4.78, 5) is 8.50. The van der Waals surface area contributed by atoms with Crippen molar-refractivity contribution in [3.63, 3.8) is 0 Å². The molecule has 1 N–H and O–H groups in total. The van der Waals surface area contributed by atoms with E-state index in [1.165, 1.54) is 0 Å². The van der Waals surface area contributed by atoms with E-state index in [0.717, 1.165) is 10.8 Å². The van der Waals surface area contributed by atoms with Crippen LogP contribution >= 0.6 is 0 Å². The second kappa shape index (κ2) is 3.87. The zero-order chi connectivity index (χ0) is 11.7. The number of benzene rings is 1. The number of hydrogen-bond acceptors (Lipinski definition) is 3. The molecule has 0 radical (unpaired) electrons. The van der Waals surface area contributed by atoms with Gasteiger partial charge in [0, 0.05) is 17.8 Å². The maximum absolute atomic E-state index is 9.82. The molecule has 3 aromatic rings. The summed E-state index contributed by atoms with van der Waals surface area (Å²) in [7, 11) is 0. The number of aromatic hydroxyl groups is 1. The minimum atomic E-state index is 0.149. The number of hydrogen-bond donors (Lipinski definition) is 1. The fourth-order valence-electron chi connectivity index (χ4n) is 1.89. The first-order valence-corrected chi connectivity index (χ1v) is 5.34. The van der Waals surface area contributed by atoms with Crippen LogP contribution in [0.2, 0.25) is 0 Å². The minimum Gasteiger partial charge on any atom is -0.506 e. The molecule has 2 aromatic heterocycles. The Balaban J connectivity index is 2.35. The van der Waals surface area contributed by atoms with Crippen LogP contribution in [0, 0.1) is 0 Å². The Hall–Kier alpha value is -2.42. The van der Waals surface area contributed by atoms with Gasteiger partial charge in [-0.15, -0.1) is 0 Å². The van der Waals surface area contributed by atoms with Gasteiger partial charge in [-0.1, -0.05) is 24.3 Å². The molecular formula is C14H10N2O. The Kier molecular flexibility index (Phi) is 2.22. The third-order valence-electron chi connectivity index (χ3n) is 2.68. The van der Waals surface area contributed by atoms with E-state index < -0.39 is 0 Å². The monoisotopic (exact) mass is 222 g/mol. The molecule has 0 aliphatic heterocycles. The van der Waals surface area contributed by atoms with Gasteiger partial charge in [-0.3, -0.25) is 9.97 Å². The highest BCUT2D eigenvalue weighted by Crippen LogP contribution is 2.30. The summed E-state index contributed by atoms with van der Waals surface area (Å²) in [6, 6.07) is 13.2. The first-order chi connectivity index (χ1) is 8.36. The van der Waals surface area contributed by atoms with Crippen molar-refractivity contribution in [3.8, 4) is 17.1 Å². The summed E-state index contributed by atoms with van der Waals surface area (Å²) >= 11 is 0. The van der Waals surface area contributed by atoms with Crippen molar-refractivity contribution in [3.05, 3.63) is 54.9 Å². The Morgan fingerprint density at radius 2 is 1.59 bits per heavy atom. The zero-order valence-electron chi connectivity index (χ0n) is 9.04. The highest BCUT2D eigenvalue weighted by atomic mass is 16.3. The smallest absolute Gasteiger partial charge is 0.143 e. The second-order valence-corrected chi connectivity index (χ2v) is 3.75. The average molecular weight is 222 g/mol. The molecule has 0 fully saturated rings. The number of fused-ring (bicyclic) bond motifs is 1. The van der Waals surface area contributed by atoms with Gasteiger partial charge in [0.25, 0.3) is 0 Å². The number of nitrogens with zero attached hydrogens (tertiary/aromatic N) is 2. The lowest BCUT2D eigenvalue weighted by Gasteiger charge is -2.05. The molecule has 3 nitrogen and oxygen atoms in total. The summed E-state index contributed by atoms with van der Waals surface area (Å²) in [6.45, 7) is 0. The van der Waals surface area contributed by atoms with Crippen LogP contribution in [0.15, 0.2) is 54.9 Å². The molecule has 0 atom stereocenters. The van der Waals surface area contributed by atoms with Crippen LogP contribution in [0.1, 0.15) is 0 Å². The highest BCUT2D eigenvalue weighted by molar-refractivity contribution is 5.94. The molecule has 0 aliphatic carbocycles. The summed E-state index contributed by atoms with van der Waals surface area (Å²) in [5.41, 5.74) is 1.23. The fourth-order valence-corrected chi connectivity index (χ4v) is 1.89. The summed E-state index contributed by atoms with van der Waals surface area (Å²) in [5, 5.41) is 11.9. The van der Waals surface area contributed by atoms with E-state index in [0.29, 0.717) is 11.4 Å². The Morgan fingerprint density at radius 1 is 0.765 bits per heavy atom. The maximum Gasteiger partial charge on any atom is 0.143 e. The Bertz CT molecular complexity index is 674. The largest absolute Gasteiger partial charge is 0.506 e. The molecule has 0 saturated carbocycles. The highest BCUT2D eigenvalue weighted by Gasteiger charge is 2.09. The average Bonchev–Trinajstić information content (AvgIpc) is 2.39. The van der Waals surface area contributed by atoms with E-state index in [4.69, 9.17) is 0 Å². The van der Waals surface area contributed by atoms with E-state index in [2.05, 4.69) is 9.97 Å². The molecule has 0 spiro atoms. The van der Waals surface area contributed by atoms with Crippen molar-refractivity contribution in [1.29, 1.82) is 0 Å². The second-order valence-electron chi connectivity index (χ2n) is 3.75. The van der Waals surface area contributed by atoms with Crippen molar-refractivity contribution in [2.45, 2.75) is 0 Å². The van der Waals surface area contributed by atoms with Gasteiger partial charge in [-0.05, 0) is 23.6 Å². The Labute approximate surface area is 98.4 Å². The van der Waals surface area contributed by atoms with Gasteiger partial charge in [0.15, 0.2) is 0 Å². The number of aromatic nitrogens is 2. The lowest BCUT2D eigenvalue weighted by atomic mass is 10.1. The van der Waals surface area contributed by atoms with Crippen LogP contribution in [-0.4, -0.2) is 15.1 Å². The van der Waals surface area contributed by atoms with Crippen molar-refractivity contribution in [2.75, 3.05) is 0 Å². The summed E-state index contributed by atoms with van der Waals surface area (Å²) in [5.74, 6) is 0.149. The van der Waals surface area contributed by atoms with Gasteiger partial charge < -0.3 is 5.11 Å². The van der Waals surface area contributed by atoms with Gasteiger partial charge in [-0.25, -0.2) is 0 Å². The van der Waals surface area contributed by atoms with Crippen molar-refractivity contribution in [1.82, 2.24) is 9.97 Å². The molecule has 2 heterocycles. The van der Waals surface area contributed by atoms with E-state index in [-0.39, 0.29) is 5.75 Å². The standard InChI is InChI=1S/C14H10N2O/c17-12-6-3-8-15-14(12)13-11-5-2-1-4-10(11)7-9-16-13/h1-9,17H. The van der Waals surface area contributed by atoms with Crippen molar-refractivity contribution >= 4 is 10.8 Å². The van der Waals surface area contributed by atoms with Gasteiger partial charge in [0.05, 0.1) is 0 Å². The lowest BCUT2D eigenvalue weighted by Crippen LogP contribution is -1.89. The summed E-state index contributed by atoms with van der Waals surface area (Å²) in [6.07, 6.45) is 3.38. The van der Waals surface area contributed by atoms with Gasteiger partial charge in [-0.2, -0.15) is 0 Å². The molecule has 0 unspecified atom stereocenters. The quantitative estimate of drug-likeness (QED) is 0.688. The van der Waals surface area contributed by atoms with Crippen LogP contribution in [0.4, 0.5) is 0 Å². The van der Waals surface area contributed by atoms with Crippen LogP contribution in [0.5, 0.6) is 5.75 Å². The van der Waals surface area contributed by atoms with Gasteiger partial charge >= 0.3 is 0 Å². The molecule has 3 heteroatoms. The fraction of sp³-hybridized carbons (Fsp3) is 0. The van der Waals surface area contributed by atoms with Crippen molar-refractivity contribution in [2.24, 2.45) is 0 Å². The van der Waals surface area contributed by atoms with E-state index >= 15 is 0 Å². The molecule has 0 aliphatic rings. The molecule has 0 bridgehead atoms. The van der Waals surface area contributed by atoms with Gasteiger partial charge in [0.1, 0.15) is 17.1 Å². The van der Waals surface area contributed by atoms with Crippen LogP contribution in [-0.2, 0) is 0 Å². The topological polar surface area (TPSA) is 46.0 Å². The van der Waals surface area contributed by atoms with Crippen LogP contribution in [0.3, 0.4) is 0 Å². The molecule has 3 rings (SSSR count). The maximum atomic E-state index is 9.82. The molecule has 82 valence electrons. The first kappa shape index (κ1) is 9.78. The van der Waals surface area contributed by atoms with E-state index in [9.17, 15) is 5.11 Å². The third-order valence-corrected chi connectivity index (χ3v) is 2.68.